The normalized spacial score (nSPS) is 10.5. The maximum atomic E-state index is 12.3. The number of aryl methyl sites for hydroxylation is 1. The first-order chi connectivity index (χ1) is 12.7. The van der Waals surface area contributed by atoms with Gasteiger partial charge in [0.25, 0.3) is 11.5 Å². The lowest BCUT2D eigenvalue weighted by atomic mass is 10.2. The summed E-state index contributed by atoms with van der Waals surface area (Å²) in [4.78, 5) is 26.3. The number of nitrogens with one attached hydrogen (secondary N) is 1. The topological polar surface area (TPSA) is 67.2 Å². The molecular formula is C20H28N4O2. The summed E-state index contributed by atoms with van der Waals surface area (Å²) in [5, 5.41) is 7.06. The third-order valence-corrected chi connectivity index (χ3v) is 4.22. The first-order valence-electron chi connectivity index (χ1n) is 9.32. The number of benzene rings is 1. The van der Waals surface area contributed by atoms with Crippen LogP contribution in [-0.4, -0.2) is 35.3 Å². The molecule has 0 aliphatic carbocycles. The third kappa shape index (κ3) is 5.72. The summed E-state index contributed by atoms with van der Waals surface area (Å²) >= 11 is 0. The van der Waals surface area contributed by atoms with Crippen LogP contribution < -0.4 is 15.8 Å². The summed E-state index contributed by atoms with van der Waals surface area (Å²) in [5.41, 5.74) is 1.30. The number of rotatable bonds is 10. The molecule has 0 unspecified atom stereocenters. The fourth-order valence-corrected chi connectivity index (χ4v) is 2.71. The lowest BCUT2D eigenvalue weighted by molar-refractivity contribution is 0.0945. The van der Waals surface area contributed by atoms with E-state index < -0.39 is 0 Å². The van der Waals surface area contributed by atoms with Crippen molar-refractivity contribution in [2.24, 2.45) is 0 Å². The Morgan fingerprint density at radius 3 is 2.58 bits per heavy atom. The Morgan fingerprint density at radius 1 is 1.12 bits per heavy atom. The average Bonchev–Trinajstić information content (AvgIpc) is 2.68. The van der Waals surface area contributed by atoms with Crippen LogP contribution in [0.3, 0.4) is 0 Å². The Morgan fingerprint density at radius 2 is 1.88 bits per heavy atom. The van der Waals surface area contributed by atoms with E-state index in [4.69, 9.17) is 0 Å². The highest BCUT2D eigenvalue weighted by atomic mass is 16.2. The molecule has 2 rings (SSSR count). The summed E-state index contributed by atoms with van der Waals surface area (Å²) in [5.74, 6) is -0.238. The van der Waals surface area contributed by atoms with Crippen molar-refractivity contribution in [2.45, 2.75) is 39.7 Å². The van der Waals surface area contributed by atoms with Gasteiger partial charge in [-0.3, -0.25) is 9.59 Å². The Kier molecular flexibility index (Phi) is 7.86. The van der Waals surface area contributed by atoms with E-state index in [9.17, 15) is 9.59 Å². The maximum absolute atomic E-state index is 12.3. The van der Waals surface area contributed by atoms with Gasteiger partial charge in [0.2, 0.25) is 0 Å². The molecule has 1 amide bonds. The van der Waals surface area contributed by atoms with Crippen molar-refractivity contribution in [1.29, 1.82) is 0 Å². The van der Waals surface area contributed by atoms with E-state index >= 15 is 0 Å². The van der Waals surface area contributed by atoms with Crippen LogP contribution in [0.1, 0.15) is 43.6 Å². The van der Waals surface area contributed by atoms with Gasteiger partial charge in [-0.2, -0.15) is 5.10 Å². The molecule has 140 valence electrons. The Hall–Kier alpha value is -2.63. The monoisotopic (exact) mass is 356 g/mol. The summed E-state index contributed by atoms with van der Waals surface area (Å²) in [6.45, 7) is 7.06. The first-order valence-corrected chi connectivity index (χ1v) is 9.32. The van der Waals surface area contributed by atoms with Crippen LogP contribution in [0.15, 0.2) is 47.3 Å². The van der Waals surface area contributed by atoms with Gasteiger partial charge in [0.05, 0.1) is 0 Å². The number of para-hydroxylation sites is 1. The number of carbonyl (C=O) groups is 1. The predicted octanol–water partition coefficient (Wildman–Crippen LogP) is 2.69. The lowest BCUT2D eigenvalue weighted by Crippen LogP contribution is -2.32. The van der Waals surface area contributed by atoms with E-state index in [0.29, 0.717) is 13.1 Å². The van der Waals surface area contributed by atoms with Crippen LogP contribution in [0.5, 0.6) is 0 Å². The molecule has 0 bridgehead atoms. The number of anilines is 1. The molecule has 0 fully saturated rings. The molecule has 0 aliphatic heterocycles. The molecule has 0 saturated carbocycles. The highest BCUT2D eigenvalue weighted by Gasteiger charge is 2.09. The first kappa shape index (κ1) is 19.7. The summed E-state index contributed by atoms with van der Waals surface area (Å²) in [6.07, 6.45) is 2.67. The molecule has 0 radical (unpaired) electrons. The Labute approximate surface area is 154 Å². The van der Waals surface area contributed by atoms with Crippen molar-refractivity contribution >= 4 is 11.6 Å². The van der Waals surface area contributed by atoms with E-state index in [2.05, 4.69) is 41.3 Å². The minimum Gasteiger partial charge on any atom is -0.372 e. The fraction of sp³-hybridized carbons (Fsp3) is 0.450. The van der Waals surface area contributed by atoms with E-state index in [1.807, 2.05) is 18.2 Å². The molecule has 6 heteroatoms. The average molecular weight is 356 g/mol. The van der Waals surface area contributed by atoms with Crippen molar-refractivity contribution in [3.8, 4) is 0 Å². The number of hydrogen-bond donors (Lipinski definition) is 1. The quantitative estimate of drug-likeness (QED) is 0.665. The molecule has 0 spiro atoms. The van der Waals surface area contributed by atoms with Gasteiger partial charge in [0.1, 0.15) is 5.69 Å². The van der Waals surface area contributed by atoms with Crippen LogP contribution in [0, 0.1) is 0 Å². The van der Waals surface area contributed by atoms with Crippen molar-refractivity contribution in [3.63, 3.8) is 0 Å². The molecule has 1 aromatic carbocycles. The fourth-order valence-electron chi connectivity index (χ4n) is 2.71. The minimum atomic E-state index is -0.238. The Bertz CT molecular complexity index is 743. The van der Waals surface area contributed by atoms with E-state index in [1.54, 1.807) is 0 Å². The largest absolute Gasteiger partial charge is 0.372 e. The highest BCUT2D eigenvalue weighted by Crippen LogP contribution is 2.12. The molecule has 0 aliphatic rings. The molecule has 0 atom stereocenters. The zero-order chi connectivity index (χ0) is 18.8. The second kappa shape index (κ2) is 10.4. The number of unbranched alkanes of at least 4 members (excludes halogenated alkanes) is 1. The smallest absolute Gasteiger partial charge is 0.271 e. The van der Waals surface area contributed by atoms with Crippen molar-refractivity contribution in [1.82, 2.24) is 15.1 Å². The highest BCUT2D eigenvalue weighted by molar-refractivity contribution is 5.91. The van der Waals surface area contributed by atoms with Crippen molar-refractivity contribution in [2.75, 3.05) is 24.5 Å². The maximum Gasteiger partial charge on any atom is 0.271 e. The number of carbonyl (C=O) groups excluding carboxylic acids is 1. The standard InChI is InChI=1S/C20H28N4O2/c1-3-5-16-24-19(25)13-12-18(22-24)20(26)21-14-9-15-23(4-2)17-10-7-6-8-11-17/h6-8,10-13H,3-5,9,14-16H2,1-2H3,(H,21,26). The third-order valence-electron chi connectivity index (χ3n) is 4.22. The molecule has 1 N–H and O–H groups in total. The predicted molar refractivity (Wildman–Crippen MR) is 105 cm³/mol. The second-order valence-electron chi connectivity index (χ2n) is 6.16. The second-order valence-corrected chi connectivity index (χ2v) is 6.16. The van der Waals surface area contributed by atoms with Gasteiger partial charge in [-0.15, -0.1) is 0 Å². The minimum absolute atomic E-state index is 0.170. The van der Waals surface area contributed by atoms with Gasteiger partial charge in [0.15, 0.2) is 0 Å². The Balaban J connectivity index is 1.84. The van der Waals surface area contributed by atoms with E-state index in [0.717, 1.165) is 32.4 Å². The zero-order valence-corrected chi connectivity index (χ0v) is 15.6. The molecule has 26 heavy (non-hydrogen) atoms. The van der Waals surface area contributed by atoms with Gasteiger partial charge in [0, 0.05) is 37.9 Å². The summed E-state index contributed by atoms with van der Waals surface area (Å²) in [6, 6.07) is 13.1. The van der Waals surface area contributed by atoms with Crippen LogP contribution in [-0.2, 0) is 6.54 Å². The number of aromatic nitrogens is 2. The lowest BCUT2D eigenvalue weighted by Gasteiger charge is -2.23. The molecular weight excluding hydrogens is 328 g/mol. The van der Waals surface area contributed by atoms with Crippen molar-refractivity contribution in [3.05, 3.63) is 58.5 Å². The van der Waals surface area contributed by atoms with Crippen molar-refractivity contribution < 1.29 is 4.79 Å². The van der Waals surface area contributed by atoms with Crippen LogP contribution >= 0.6 is 0 Å². The number of hydrogen-bond acceptors (Lipinski definition) is 4. The van der Waals surface area contributed by atoms with Gasteiger partial charge in [-0.25, -0.2) is 4.68 Å². The summed E-state index contributed by atoms with van der Waals surface area (Å²) in [7, 11) is 0. The van der Waals surface area contributed by atoms with Gasteiger partial charge >= 0.3 is 0 Å². The van der Waals surface area contributed by atoms with E-state index in [-0.39, 0.29) is 17.2 Å². The van der Waals surface area contributed by atoms with Gasteiger partial charge in [-0.05, 0) is 38.0 Å². The SMILES string of the molecule is CCCCn1nc(C(=O)NCCCN(CC)c2ccccc2)ccc1=O. The van der Waals surface area contributed by atoms with E-state index in [1.165, 1.54) is 22.5 Å². The molecule has 0 saturated heterocycles. The molecule has 6 nitrogen and oxygen atoms in total. The number of amides is 1. The van der Waals surface area contributed by atoms with Gasteiger partial charge in [-0.1, -0.05) is 31.5 Å². The molecule has 1 aromatic heterocycles. The summed E-state index contributed by atoms with van der Waals surface area (Å²) < 4.78 is 1.37. The molecule has 2 aromatic rings. The van der Waals surface area contributed by atoms with Crippen LogP contribution in [0.25, 0.3) is 0 Å². The zero-order valence-electron chi connectivity index (χ0n) is 15.6. The van der Waals surface area contributed by atoms with Crippen LogP contribution in [0.4, 0.5) is 5.69 Å². The van der Waals surface area contributed by atoms with Gasteiger partial charge < -0.3 is 10.2 Å². The number of nitrogens with zero attached hydrogens (tertiary/aromatic N) is 3. The molecule has 1 heterocycles. The van der Waals surface area contributed by atoms with Crippen LogP contribution in [0.2, 0.25) is 0 Å².